The summed E-state index contributed by atoms with van der Waals surface area (Å²) in [7, 11) is 0. The van der Waals surface area contributed by atoms with Crippen molar-refractivity contribution in [3.8, 4) is 0 Å². The molecule has 0 heterocycles. The first kappa shape index (κ1) is 31.8. The quantitative estimate of drug-likeness (QED) is 0.104. The summed E-state index contributed by atoms with van der Waals surface area (Å²) in [6, 6.07) is -2.35. The predicted molar refractivity (Wildman–Crippen MR) is 126 cm³/mol. The lowest BCUT2D eigenvalue weighted by Crippen LogP contribution is -2.42. The Hall–Kier alpha value is -3.22. The molecule has 4 amide bonds. The van der Waals surface area contributed by atoms with Crippen LogP contribution in [0.3, 0.4) is 0 Å². The standard InChI is InChI=1S/C22H39N5O8/c1-2-3-12-24-17(28)6-4-13-26-19(30)11-9-16(22(34)35)27-20(31)7-5-14-25-18(29)10-8-15(23)21(32)33/h15-16H,2-14,23H2,1H3,(H,24,28)(H,25,29)(H,26,30)(H,27,31)(H,32,33)(H,34,35). The van der Waals surface area contributed by atoms with Crippen LogP contribution in [-0.4, -0.2) is 77.5 Å². The minimum absolute atomic E-state index is 0.0100. The molecule has 0 aromatic carbocycles. The van der Waals surface area contributed by atoms with Gasteiger partial charge in [-0.2, -0.15) is 0 Å². The Bertz CT molecular complexity index is 716. The minimum atomic E-state index is -1.27. The van der Waals surface area contributed by atoms with Crippen LogP contribution in [0.1, 0.15) is 71.1 Å². The summed E-state index contributed by atoms with van der Waals surface area (Å²) < 4.78 is 0. The highest BCUT2D eigenvalue weighted by molar-refractivity contribution is 5.84. The van der Waals surface area contributed by atoms with E-state index in [1.54, 1.807) is 0 Å². The number of nitrogens with one attached hydrogen (secondary N) is 4. The number of aliphatic carboxylic acids is 2. The highest BCUT2D eigenvalue weighted by Gasteiger charge is 2.21. The van der Waals surface area contributed by atoms with Crippen LogP contribution in [0, 0.1) is 0 Å². The van der Waals surface area contributed by atoms with Crippen LogP contribution in [0.5, 0.6) is 0 Å². The van der Waals surface area contributed by atoms with Gasteiger partial charge in [-0.3, -0.25) is 24.0 Å². The normalized spacial score (nSPS) is 12.2. The molecule has 0 aromatic heterocycles. The van der Waals surface area contributed by atoms with Crippen molar-refractivity contribution in [2.24, 2.45) is 5.73 Å². The molecule has 0 fully saturated rings. The van der Waals surface area contributed by atoms with Crippen LogP contribution in [0.4, 0.5) is 0 Å². The maximum Gasteiger partial charge on any atom is 0.326 e. The van der Waals surface area contributed by atoms with Crippen molar-refractivity contribution in [2.75, 3.05) is 19.6 Å². The molecule has 8 N–H and O–H groups in total. The Morgan fingerprint density at radius 3 is 1.60 bits per heavy atom. The van der Waals surface area contributed by atoms with E-state index in [1.807, 2.05) is 6.92 Å². The molecule has 200 valence electrons. The van der Waals surface area contributed by atoms with Gasteiger partial charge in [0.25, 0.3) is 0 Å². The molecule has 0 aliphatic carbocycles. The molecule has 0 spiro atoms. The molecule has 2 unspecified atom stereocenters. The van der Waals surface area contributed by atoms with E-state index in [2.05, 4.69) is 21.3 Å². The van der Waals surface area contributed by atoms with Gasteiger partial charge in [0.05, 0.1) is 0 Å². The number of carboxylic acids is 2. The van der Waals surface area contributed by atoms with Gasteiger partial charge in [-0.15, -0.1) is 0 Å². The van der Waals surface area contributed by atoms with E-state index in [1.165, 1.54) is 0 Å². The number of unbranched alkanes of at least 4 members (excludes halogenated alkanes) is 1. The van der Waals surface area contributed by atoms with Crippen LogP contribution >= 0.6 is 0 Å². The van der Waals surface area contributed by atoms with E-state index in [9.17, 15) is 33.9 Å². The summed E-state index contributed by atoms with van der Waals surface area (Å²) in [5.74, 6) is -3.84. The Balaban J connectivity index is 4.06. The Kier molecular flexibility index (Phi) is 17.4. The number of hydrogen-bond acceptors (Lipinski definition) is 7. The first-order valence-electron chi connectivity index (χ1n) is 11.9. The van der Waals surface area contributed by atoms with Crippen molar-refractivity contribution in [1.29, 1.82) is 0 Å². The molecule has 0 aliphatic heterocycles. The topological polar surface area (TPSA) is 217 Å². The zero-order valence-corrected chi connectivity index (χ0v) is 20.3. The average molecular weight is 502 g/mol. The number of hydrogen-bond donors (Lipinski definition) is 7. The number of amides is 4. The van der Waals surface area contributed by atoms with Crippen LogP contribution in [0.2, 0.25) is 0 Å². The van der Waals surface area contributed by atoms with Crippen LogP contribution in [0.15, 0.2) is 0 Å². The highest BCUT2D eigenvalue weighted by atomic mass is 16.4. The molecule has 0 saturated heterocycles. The molecule has 0 radical (unpaired) electrons. The molecule has 2 atom stereocenters. The van der Waals surface area contributed by atoms with Crippen molar-refractivity contribution in [3.05, 3.63) is 0 Å². The molecule has 0 saturated carbocycles. The lowest BCUT2D eigenvalue weighted by atomic mass is 10.1. The summed E-state index contributed by atoms with van der Waals surface area (Å²) >= 11 is 0. The number of nitrogens with two attached hydrogens (primary N) is 1. The second-order valence-corrected chi connectivity index (χ2v) is 8.09. The fraction of sp³-hybridized carbons (Fsp3) is 0.727. The van der Waals surface area contributed by atoms with Gasteiger partial charge >= 0.3 is 11.9 Å². The van der Waals surface area contributed by atoms with Gasteiger partial charge in [-0.25, -0.2) is 4.79 Å². The average Bonchev–Trinajstić information content (AvgIpc) is 2.80. The van der Waals surface area contributed by atoms with Crippen molar-refractivity contribution in [2.45, 2.75) is 83.2 Å². The second kappa shape index (κ2) is 19.1. The van der Waals surface area contributed by atoms with Crippen molar-refractivity contribution in [1.82, 2.24) is 21.3 Å². The van der Waals surface area contributed by atoms with E-state index in [0.29, 0.717) is 13.0 Å². The van der Waals surface area contributed by atoms with Crippen LogP contribution < -0.4 is 27.0 Å². The van der Waals surface area contributed by atoms with Gasteiger partial charge in [0.2, 0.25) is 23.6 Å². The number of rotatable bonds is 20. The van der Waals surface area contributed by atoms with E-state index >= 15 is 0 Å². The maximum atomic E-state index is 12.0. The zero-order chi connectivity index (χ0) is 26.6. The fourth-order valence-corrected chi connectivity index (χ4v) is 2.83. The Labute approximate surface area is 204 Å². The second-order valence-electron chi connectivity index (χ2n) is 8.09. The molecule has 0 rings (SSSR count). The van der Waals surface area contributed by atoms with Crippen molar-refractivity contribution >= 4 is 35.6 Å². The predicted octanol–water partition coefficient (Wildman–Crippen LogP) is -0.763. The summed E-state index contributed by atoms with van der Waals surface area (Å²) in [4.78, 5) is 69.1. The smallest absolute Gasteiger partial charge is 0.326 e. The van der Waals surface area contributed by atoms with Gasteiger partial charge in [-0.05, 0) is 32.1 Å². The molecule has 0 aliphatic rings. The number of carbonyl (C=O) groups excluding carboxylic acids is 4. The zero-order valence-electron chi connectivity index (χ0n) is 20.3. The molecule has 0 aromatic rings. The van der Waals surface area contributed by atoms with Crippen LogP contribution in [0.25, 0.3) is 0 Å². The largest absolute Gasteiger partial charge is 0.480 e. The van der Waals surface area contributed by atoms with Gasteiger partial charge in [0.15, 0.2) is 0 Å². The Morgan fingerprint density at radius 2 is 1.11 bits per heavy atom. The molecule has 0 bridgehead atoms. The van der Waals surface area contributed by atoms with E-state index in [4.69, 9.17) is 10.8 Å². The summed E-state index contributed by atoms with van der Waals surface area (Å²) in [6.07, 6.45) is 2.59. The third-order valence-electron chi connectivity index (χ3n) is 4.95. The molecular weight excluding hydrogens is 462 g/mol. The van der Waals surface area contributed by atoms with Crippen LogP contribution in [-0.2, 0) is 28.8 Å². The van der Waals surface area contributed by atoms with Crippen molar-refractivity contribution < 1.29 is 39.0 Å². The fourth-order valence-electron chi connectivity index (χ4n) is 2.83. The lowest BCUT2D eigenvalue weighted by Gasteiger charge is -2.14. The summed E-state index contributed by atoms with van der Waals surface area (Å²) in [6.45, 7) is 3.10. The minimum Gasteiger partial charge on any atom is -0.480 e. The van der Waals surface area contributed by atoms with E-state index < -0.39 is 35.8 Å². The number of carboxylic acid groups (broad SMARTS) is 2. The van der Waals surface area contributed by atoms with E-state index in [0.717, 1.165) is 12.8 Å². The molecule has 35 heavy (non-hydrogen) atoms. The molecule has 13 heteroatoms. The molecule has 13 nitrogen and oxygen atoms in total. The maximum absolute atomic E-state index is 12.0. The summed E-state index contributed by atoms with van der Waals surface area (Å²) in [5.41, 5.74) is 5.31. The first-order chi connectivity index (χ1) is 16.6. The third-order valence-corrected chi connectivity index (χ3v) is 4.95. The van der Waals surface area contributed by atoms with Gasteiger partial charge < -0.3 is 37.2 Å². The first-order valence-corrected chi connectivity index (χ1v) is 11.9. The monoisotopic (exact) mass is 501 g/mol. The Morgan fingerprint density at radius 1 is 0.657 bits per heavy atom. The number of carbonyl (C=O) groups is 6. The van der Waals surface area contributed by atoms with E-state index in [-0.39, 0.29) is 69.8 Å². The third kappa shape index (κ3) is 17.9. The SMILES string of the molecule is CCCCNC(=O)CCCNC(=O)CCC(NC(=O)CCCNC(=O)CCC(N)C(=O)O)C(=O)O. The van der Waals surface area contributed by atoms with Crippen molar-refractivity contribution in [3.63, 3.8) is 0 Å². The highest BCUT2D eigenvalue weighted by Crippen LogP contribution is 2.01. The van der Waals surface area contributed by atoms with Gasteiger partial charge in [0.1, 0.15) is 12.1 Å². The molecular formula is C22H39N5O8. The summed E-state index contributed by atoms with van der Waals surface area (Å²) in [5, 5.41) is 28.2. The van der Waals surface area contributed by atoms with Gasteiger partial charge in [0, 0.05) is 45.3 Å². The van der Waals surface area contributed by atoms with Gasteiger partial charge in [-0.1, -0.05) is 13.3 Å². The lowest BCUT2D eigenvalue weighted by molar-refractivity contribution is -0.142.